The second-order valence-corrected chi connectivity index (χ2v) is 10.9. The SMILES string of the molecule is CCC1CCN(C(=O)C(N)(CCCc2cnc[nH]2)C(c2ccccc2)(c2ccccc2)c2ccccc2)CC1. The number of carbonyl (C=O) groups is 1. The Balaban J connectivity index is 1.70. The van der Waals surface area contributed by atoms with E-state index in [1.54, 1.807) is 6.33 Å². The maximum absolute atomic E-state index is 15.0. The number of carbonyl (C=O) groups excluding carboxylic acids is 1. The van der Waals surface area contributed by atoms with Crippen LogP contribution in [0.1, 0.15) is 61.4 Å². The van der Waals surface area contributed by atoms with Crippen LogP contribution in [0.2, 0.25) is 0 Å². The average Bonchev–Trinajstić information content (AvgIpc) is 3.52. The predicted molar refractivity (Wildman–Crippen MR) is 157 cm³/mol. The minimum Gasteiger partial charge on any atom is -0.348 e. The molecule has 1 atom stereocenters. The Morgan fingerprint density at radius 1 is 0.897 bits per heavy atom. The molecule has 1 unspecified atom stereocenters. The van der Waals surface area contributed by atoms with Crippen LogP contribution in [0.5, 0.6) is 0 Å². The van der Waals surface area contributed by atoms with Gasteiger partial charge in [0, 0.05) is 25.0 Å². The van der Waals surface area contributed by atoms with Gasteiger partial charge in [-0.1, -0.05) is 104 Å². The molecule has 1 aliphatic heterocycles. The first-order valence-corrected chi connectivity index (χ1v) is 14.3. The van der Waals surface area contributed by atoms with Gasteiger partial charge in [-0.25, -0.2) is 4.98 Å². The van der Waals surface area contributed by atoms with Crippen molar-refractivity contribution in [1.29, 1.82) is 0 Å². The van der Waals surface area contributed by atoms with Gasteiger partial charge < -0.3 is 15.6 Å². The third kappa shape index (κ3) is 5.16. The van der Waals surface area contributed by atoms with E-state index in [-0.39, 0.29) is 5.91 Å². The number of hydrogen-bond donors (Lipinski definition) is 2. The van der Waals surface area contributed by atoms with Crippen molar-refractivity contribution in [2.24, 2.45) is 11.7 Å². The first-order chi connectivity index (χ1) is 19.1. The number of nitrogens with one attached hydrogen (secondary N) is 1. The summed E-state index contributed by atoms with van der Waals surface area (Å²) in [6, 6.07) is 31.2. The van der Waals surface area contributed by atoms with Gasteiger partial charge in [-0.15, -0.1) is 0 Å². The second-order valence-electron chi connectivity index (χ2n) is 10.9. The number of hydrogen-bond acceptors (Lipinski definition) is 3. The van der Waals surface area contributed by atoms with Crippen molar-refractivity contribution in [2.45, 2.75) is 56.4 Å². The monoisotopic (exact) mass is 520 g/mol. The van der Waals surface area contributed by atoms with Crippen molar-refractivity contribution in [3.05, 3.63) is 126 Å². The second kappa shape index (κ2) is 12.0. The number of nitrogens with zero attached hydrogens (tertiary/aromatic N) is 2. The molecule has 1 saturated heterocycles. The van der Waals surface area contributed by atoms with Crippen LogP contribution in [0, 0.1) is 5.92 Å². The molecule has 5 heteroatoms. The smallest absolute Gasteiger partial charge is 0.244 e. The largest absolute Gasteiger partial charge is 0.348 e. The van der Waals surface area contributed by atoms with Crippen LogP contribution < -0.4 is 5.73 Å². The summed E-state index contributed by atoms with van der Waals surface area (Å²) in [5.74, 6) is 0.710. The summed E-state index contributed by atoms with van der Waals surface area (Å²) in [4.78, 5) is 24.4. The number of aromatic amines is 1. The van der Waals surface area contributed by atoms with E-state index in [9.17, 15) is 4.79 Å². The zero-order valence-corrected chi connectivity index (χ0v) is 22.9. The summed E-state index contributed by atoms with van der Waals surface area (Å²) in [7, 11) is 0. The molecule has 1 aromatic heterocycles. The normalized spacial score (nSPS) is 16.1. The maximum atomic E-state index is 15.0. The molecular formula is C34H40N4O. The third-order valence-corrected chi connectivity index (χ3v) is 8.72. The Hall–Kier alpha value is -3.70. The Kier molecular flexibility index (Phi) is 8.27. The summed E-state index contributed by atoms with van der Waals surface area (Å²) in [5, 5.41) is 0. The van der Waals surface area contributed by atoms with E-state index in [0.29, 0.717) is 12.3 Å². The van der Waals surface area contributed by atoms with Crippen molar-refractivity contribution < 1.29 is 4.79 Å². The molecule has 5 nitrogen and oxygen atoms in total. The molecule has 5 rings (SSSR count). The summed E-state index contributed by atoms with van der Waals surface area (Å²) < 4.78 is 0. The molecule has 39 heavy (non-hydrogen) atoms. The van der Waals surface area contributed by atoms with E-state index in [1.165, 1.54) is 0 Å². The van der Waals surface area contributed by atoms with Crippen molar-refractivity contribution in [2.75, 3.05) is 13.1 Å². The molecule has 0 saturated carbocycles. The number of aromatic nitrogens is 2. The third-order valence-electron chi connectivity index (χ3n) is 8.72. The van der Waals surface area contributed by atoms with E-state index < -0.39 is 11.0 Å². The number of nitrogens with two attached hydrogens (primary N) is 1. The molecule has 1 amide bonds. The number of imidazole rings is 1. The highest BCUT2D eigenvalue weighted by Crippen LogP contribution is 2.49. The Morgan fingerprint density at radius 2 is 1.41 bits per heavy atom. The molecule has 3 aromatic carbocycles. The number of piperidine rings is 1. The minimum atomic E-state index is -1.23. The molecule has 0 radical (unpaired) electrons. The Bertz CT molecular complexity index is 1200. The van der Waals surface area contributed by atoms with Gasteiger partial charge >= 0.3 is 0 Å². The molecule has 0 spiro atoms. The lowest BCUT2D eigenvalue weighted by molar-refractivity contribution is -0.140. The van der Waals surface area contributed by atoms with Crippen LogP contribution in [-0.2, 0) is 16.6 Å². The molecule has 3 N–H and O–H groups in total. The number of aryl methyl sites for hydroxylation is 1. The summed E-state index contributed by atoms with van der Waals surface area (Å²) in [6.07, 6.45) is 8.83. The molecule has 0 aliphatic carbocycles. The van der Waals surface area contributed by atoms with Crippen molar-refractivity contribution in [3.63, 3.8) is 0 Å². The highest BCUT2D eigenvalue weighted by Gasteiger charge is 2.57. The maximum Gasteiger partial charge on any atom is 0.244 e. The van der Waals surface area contributed by atoms with Crippen LogP contribution in [-0.4, -0.2) is 39.4 Å². The van der Waals surface area contributed by atoms with Crippen LogP contribution in [0.15, 0.2) is 104 Å². The number of benzene rings is 3. The van der Waals surface area contributed by atoms with Gasteiger partial charge in [0.15, 0.2) is 0 Å². The molecule has 1 aliphatic rings. The van der Waals surface area contributed by atoms with E-state index in [4.69, 9.17) is 5.73 Å². The van der Waals surface area contributed by atoms with Crippen LogP contribution in [0.25, 0.3) is 0 Å². The van der Waals surface area contributed by atoms with Gasteiger partial charge in [0.25, 0.3) is 0 Å². The highest BCUT2D eigenvalue weighted by atomic mass is 16.2. The fourth-order valence-corrected chi connectivity index (χ4v) is 6.60. The molecular weight excluding hydrogens is 480 g/mol. The molecule has 2 heterocycles. The van der Waals surface area contributed by atoms with Gasteiger partial charge in [0.05, 0.1) is 11.7 Å². The van der Waals surface area contributed by atoms with Gasteiger partial charge in [-0.2, -0.15) is 0 Å². The Labute approximate surface area is 232 Å². The van der Waals surface area contributed by atoms with Crippen molar-refractivity contribution in [3.8, 4) is 0 Å². The zero-order chi connectivity index (χ0) is 27.1. The summed E-state index contributed by atoms with van der Waals surface area (Å²) in [5.41, 5.74) is 9.77. The highest BCUT2D eigenvalue weighted by molar-refractivity contribution is 5.91. The summed E-state index contributed by atoms with van der Waals surface area (Å²) >= 11 is 0. The van der Waals surface area contributed by atoms with E-state index >= 15 is 0 Å². The number of rotatable bonds is 10. The van der Waals surface area contributed by atoms with Gasteiger partial charge in [-0.3, -0.25) is 4.79 Å². The fourth-order valence-electron chi connectivity index (χ4n) is 6.60. The van der Waals surface area contributed by atoms with Gasteiger partial charge in [0.1, 0.15) is 5.54 Å². The van der Waals surface area contributed by atoms with E-state index in [1.807, 2.05) is 29.3 Å². The van der Waals surface area contributed by atoms with Gasteiger partial charge in [0.2, 0.25) is 5.91 Å². The predicted octanol–water partition coefficient (Wildman–Crippen LogP) is 6.11. The fraction of sp³-hybridized carbons (Fsp3) is 0.353. The molecule has 0 bridgehead atoms. The van der Waals surface area contributed by atoms with Gasteiger partial charge in [-0.05, 0) is 54.7 Å². The number of likely N-dealkylation sites (tertiary alicyclic amines) is 1. The average molecular weight is 521 g/mol. The van der Waals surface area contributed by atoms with Crippen LogP contribution >= 0.6 is 0 Å². The van der Waals surface area contributed by atoms with E-state index in [0.717, 1.165) is 67.6 Å². The lowest BCUT2D eigenvalue weighted by Gasteiger charge is -2.51. The zero-order valence-electron chi connectivity index (χ0n) is 22.9. The Morgan fingerprint density at radius 3 is 1.85 bits per heavy atom. The van der Waals surface area contributed by atoms with Crippen molar-refractivity contribution >= 4 is 5.91 Å². The molecule has 202 valence electrons. The standard InChI is InChI=1S/C34H40N4O/c1-2-27-20-23-38(24-21-27)32(39)33(35,22-12-19-31-25-36-26-37-31)34(28-13-6-3-7-14-28,29-15-8-4-9-16-29)30-17-10-5-11-18-30/h3-11,13-18,25-27H,2,12,19-24,35H2,1H3,(H,36,37). The van der Waals surface area contributed by atoms with E-state index in [2.05, 4.69) is 89.7 Å². The van der Waals surface area contributed by atoms with Crippen LogP contribution in [0.3, 0.4) is 0 Å². The summed E-state index contributed by atoms with van der Waals surface area (Å²) in [6.45, 7) is 3.76. The topological polar surface area (TPSA) is 75.0 Å². The molecule has 4 aromatic rings. The van der Waals surface area contributed by atoms with Crippen LogP contribution in [0.4, 0.5) is 0 Å². The lowest BCUT2D eigenvalue weighted by atomic mass is 9.56. The first kappa shape index (κ1) is 26.9. The number of H-pyrrole nitrogens is 1. The van der Waals surface area contributed by atoms with Crippen molar-refractivity contribution in [1.82, 2.24) is 14.9 Å². The minimum absolute atomic E-state index is 0.0400. The first-order valence-electron chi connectivity index (χ1n) is 14.3. The number of amides is 1. The quantitative estimate of drug-likeness (QED) is 0.248. The lowest BCUT2D eigenvalue weighted by Crippen LogP contribution is -2.68. The molecule has 1 fully saturated rings.